The molecule has 0 aromatic carbocycles. The Morgan fingerprint density at radius 3 is 3.20 bits per heavy atom. The molecule has 0 fully saturated rings. The van der Waals surface area contributed by atoms with Crippen molar-refractivity contribution in [2.75, 3.05) is 6.54 Å². The highest BCUT2D eigenvalue weighted by Gasteiger charge is 2.05. The van der Waals surface area contributed by atoms with Crippen LogP contribution >= 0.6 is 11.9 Å². The van der Waals surface area contributed by atoms with Gasteiger partial charge in [-0.05, 0) is 11.9 Å². The molecule has 5 nitrogen and oxygen atoms in total. The number of nitrogens with one attached hydrogen (secondary N) is 2. The fourth-order valence-corrected chi connectivity index (χ4v) is 0.957. The minimum Gasteiger partial charge on any atom is -0.369 e. The molecule has 0 spiro atoms. The summed E-state index contributed by atoms with van der Waals surface area (Å²) in [5.74, 6) is -0.380. The average molecular weight is 160 g/mol. The number of hydrogen-bond donors (Lipinski definition) is 3. The molecule has 1 heterocycles. The van der Waals surface area contributed by atoms with E-state index in [2.05, 4.69) is 10.9 Å². The number of primary amides is 1. The van der Waals surface area contributed by atoms with Gasteiger partial charge in [0.1, 0.15) is 0 Å². The molecule has 0 bridgehead atoms. The second kappa shape index (κ2) is 3.45. The van der Waals surface area contributed by atoms with Crippen molar-refractivity contribution in [1.29, 1.82) is 0 Å². The number of nitrogens with zero attached hydrogens (tertiary/aromatic N) is 1. The number of rotatable bonds is 3. The number of amides is 1. The molecule has 0 saturated carbocycles. The molecule has 1 amide bonds. The molecule has 10 heavy (non-hydrogen) atoms. The SMILES string of the molecule is NC(=O)CNN1NC=CS1. The first kappa shape index (κ1) is 7.39. The molecule has 1 rings (SSSR count). The molecule has 0 unspecified atom stereocenters. The Morgan fingerprint density at radius 1 is 1.90 bits per heavy atom. The average Bonchev–Trinajstić information content (AvgIpc) is 2.34. The third-order valence-electron chi connectivity index (χ3n) is 0.823. The van der Waals surface area contributed by atoms with Gasteiger partial charge in [-0.3, -0.25) is 4.79 Å². The monoisotopic (exact) mass is 160 g/mol. The van der Waals surface area contributed by atoms with Gasteiger partial charge in [-0.25, -0.2) is 5.43 Å². The van der Waals surface area contributed by atoms with Gasteiger partial charge in [-0.15, -0.1) is 0 Å². The summed E-state index contributed by atoms with van der Waals surface area (Å²) in [6.07, 6.45) is 1.75. The number of hydrogen-bond acceptors (Lipinski definition) is 5. The maximum absolute atomic E-state index is 10.2. The van der Waals surface area contributed by atoms with E-state index < -0.39 is 0 Å². The van der Waals surface area contributed by atoms with Crippen molar-refractivity contribution in [1.82, 2.24) is 15.4 Å². The van der Waals surface area contributed by atoms with E-state index in [1.54, 1.807) is 10.7 Å². The predicted octanol–water partition coefficient (Wildman–Crippen LogP) is -1.08. The Labute approximate surface area is 62.7 Å². The highest BCUT2D eigenvalue weighted by molar-refractivity contribution is 8.00. The zero-order chi connectivity index (χ0) is 7.40. The summed E-state index contributed by atoms with van der Waals surface area (Å²) in [5.41, 5.74) is 10.4. The lowest BCUT2D eigenvalue weighted by atomic mass is 10.6. The normalized spacial score (nSPS) is 17.2. The maximum Gasteiger partial charge on any atom is 0.232 e. The van der Waals surface area contributed by atoms with Gasteiger partial charge in [-0.2, -0.15) is 0 Å². The molecule has 0 aromatic rings. The third kappa shape index (κ3) is 2.26. The Kier molecular flexibility index (Phi) is 2.55. The highest BCUT2D eigenvalue weighted by atomic mass is 32.2. The topological polar surface area (TPSA) is 70.4 Å². The van der Waals surface area contributed by atoms with Crippen molar-refractivity contribution in [3.8, 4) is 0 Å². The number of carbonyl (C=O) groups is 1. The molecule has 0 aliphatic carbocycles. The quantitative estimate of drug-likeness (QED) is 0.458. The van der Waals surface area contributed by atoms with Gasteiger partial charge in [0.15, 0.2) is 0 Å². The van der Waals surface area contributed by atoms with Crippen LogP contribution < -0.4 is 16.6 Å². The largest absolute Gasteiger partial charge is 0.369 e. The second-order valence-corrected chi connectivity index (χ2v) is 2.48. The standard InChI is InChI=1S/C4H8N4OS/c5-4(9)3-7-8-6-1-2-10-8/h1-2,6-7H,3H2,(H2,5,9). The number of nitrogens with two attached hydrogens (primary N) is 1. The highest BCUT2D eigenvalue weighted by Crippen LogP contribution is 2.08. The Hall–Kier alpha value is -0.720. The maximum atomic E-state index is 10.2. The van der Waals surface area contributed by atoms with E-state index in [1.165, 1.54) is 11.9 Å². The van der Waals surface area contributed by atoms with E-state index in [0.717, 1.165) is 0 Å². The molecule has 0 atom stereocenters. The van der Waals surface area contributed by atoms with Gasteiger partial charge in [0, 0.05) is 11.6 Å². The van der Waals surface area contributed by atoms with Gasteiger partial charge < -0.3 is 11.2 Å². The van der Waals surface area contributed by atoms with Crippen LogP contribution in [-0.4, -0.2) is 17.0 Å². The van der Waals surface area contributed by atoms with Crippen molar-refractivity contribution < 1.29 is 4.79 Å². The minimum absolute atomic E-state index is 0.141. The van der Waals surface area contributed by atoms with Crippen molar-refractivity contribution >= 4 is 17.9 Å². The first-order valence-corrected chi connectivity index (χ1v) is 3.52. The van der Waals surface area contributed by atoms with Crippen LogP contribution in [0.25, 0.3) is 0 Å². The van der Waals surface area contributed by atoms with Crippen LogP contribution in [0.1, 0.15) is 0 Å². The number of carbonyl (C=O) groups excluding carboxylic acids is 1. The molecule has 0 radical (unpaired) electrons. The van der Waals surface area contributed by atoms with Crippen LogP contribution in [0, 0.1) is 0 Å². The lowest BCUT2D eigenvalue weighted by molar-refractivity contribution is -0.117. The van der Waals surface area contributed by atoms with Crippen molar-refractivity contribution in [2.45, 2.75) is 0 Å². The summed E-state index contributed by atoms with van der Waals surface area (Å²) >= 11 is 1.41. The molecular formula is C4H8N4OS. The van der Waals surface area contributed by atoms with Gasteiger partial charge in [-0.1, -0.05) is 4.52 Å². The van der Waals surface area contributed by atoms with E-state index >= 15 is 0 Å². The van der Waals surface area contributed by atoms with Gasteiger partial charge >= 0.3 is 0 Å². The van der Waals surface area contributed by atoms with Crippen molar-refractivity contribution in [3.05, 3.63) is 11.6 Å². The van der Waals surface area contributed by atoms with Crippen LogP contribution in [0.2, 0.25) is 0 Å². The lowest BCUT2D eigenvalue weighted by Crippen LogP contribution is -2.42. The van der Waals surface area contributed by atoms with E-state index in [4.69, 9.17) is 5.73 Å². The summed E-state index contributed by atoms with van der Waals surface area (Å²) in [5, 5.41) is 1.84. The zero-order valence-electron chi connectivity index (χ0n) is 5.20. The van der Waals surface area contributed by atoms with Crippen molar-refractivity contribution in [2.24, 2.45) is 5.73 Å². The Balaban J connectivity index is 2.09. The smallest absolute Gasteiger partial charge is 0.232 e. The summed E-state index contributed by atoms with van der Waals surface area (Å²) in [4.78, 5) is 10.2. The molecular weight excluding hydrogens is 152 g/mol. The fraction of sp³-hybridized carbons (Fsp3) is 0.250. The van der Waals surface area contributed by atoms with Crippen LogP contribution in [0.3, 0.4) is 0 Å². The third-order valence-corrected chi connectivity index (χ3v) is 1.53. The van der Waals surface area contributed by atoms with Crippen LogP contribution in [0.5, 0.6) is 0 Å². The second-order valence-electron chi connectivity index (χ2n) is 1.63. The van der Waals surface area contributed by atoms with Crippen LogP contribution in [-0.2, 0) is 4.79 Å². The Bertz CT molecular complexity index is 151. The van der Waals surface area contributed by atoms with Gasteiger partial charge in [0.25, 0.3) is 0 Å². The molecule has 56 valence electrons. The molecule has 1 aliphatic heterocycles. The number of hydrazine groups is 2. The summed E-state index contributed by atoms with van der Waals surface area (Å²) in [6.45, 7) is 0.141. The van der Waals surface area contributed by atoms with Gasteiger partial charge in [0.2, 0.25) is 5.91 Å². The molecule has 0 saturated heterocycles. The molecule has 6 heteroatoms. The summed E-state index contributed by atoms with van der Waals surface area (Å²) < 4.78 is 1.59. The Morgan fingerprint density at radius 2 is 2.70 bits per heavy atom. The van der Waals surface area contributed by atoms with Crippen LogP contribution in [0.15, 0.2) is 11.6 Å². The summed E-state index contributed by atoms with van der Waals surface area (Å²) in [6, 6.07) is 0. The minimum atomic E-state index is -0.380. The van der Waals surface area contributed by atoms with Gasteiger partial charge in [0.05, 0.1) is 6.54 Å². The van der Waals surface area contributed by atoms with E-state index in [-0.39, 0.29) is 12.5 Å². The summed E-state index contributed by atoms with van der Waals surface area (Å²) in [7, 11) is 0. The first-order valence-electron chi connectivity index (χ1n) is 2.69. The fourth-order valence-electron chi connectivity index (χ4n) is 0.452. The first-order chi connectivity index (χ1) is 4.79. The van der Waals surface area contributed by atoms with E-state index in [1.807, 2.05) is 5.41 Å². The van der Waals surface area contributed by atoms with E-state index in [0.29, 0.717) is 0 Å². The molecule has 0 aromatic heterocycles. The van der Waals surface area contributed by atoms with Crippen LogP contribution in [0.4, 0.5) is 0 Å². The molecule has 1 aliphatic rings. The molecule has 4 N–H and O–H groups in total. The lowest BCUT2D eigenvalue weighted by Gasteiger charge is -2.13. The van der Waals surface area contributed by atoms with E-state index in [9.17, 15) is 4.79 Å². The predicted molar refractivity (Wildman–Crippen MR) is 38.9 cm³/mol. The van der Waals surface area contributed by atoms with Crippen molar-refractivity contribution in [3.63, 3.8) is 0 Å². The zero-order valence-corrected chi connectivity index (χ0v) is 6.02.